The first kappa shape index (κ1) is 14.6. The molecule has 20 heavy (non-hydrogen) atoms. The van der Waals surface area contributed by atoms with E-state index in [1.807, 2.05) is 6.07 Å². The van der Waals surface area contributed by atoms with Gasteiger partial charge in [-0.05, 0) is 62.4 Å². The van der Waals surface area contributed by atoms with Gasteiger partial charge in [-0.15, -0.1) is 11.3 Å². The lowest BCUT2D eigenvalue weighted by molar-refractivity contribution is 1.20. The van der Waals surface area contributed by atoms with Crippen LogP contribution >= 0.6 is 54.8 Å². The van der Waals surface area contributed by atoms with Gasteiger partial charge in [-0.25, -0.2) is 0 Å². The summed E-state index contributed by atoms with van der Waals surface area (Å²) in [5.74, 6) is 0. The van der Waals surface area contributed by atoms with Crippen LogP contribution in [0.1, 0.15) is 21.5 Å². The van der Waals surface area contributed by atoms with Gasteiger partial charge in [-0.2, -0.15) is 0 Å². The molecule has 0 bridgehead atoms. The molecule has 0 amide bonds. The SMILES string of the molecule is Cc1ccc(C(Br)c2csc3c(Br)cccc23)c(Cl)c1. The predicted molar refractivity (Wildman–Crippen MR) is 96.5 cm³/mol. The molecule has 2 aromatic carbocycles. The average Bonchev–Trinajstić information content (AvgIpc) is 2.83. The van der Waals surface area contributed by atoms with Crippen molar-refractivity contribution >= 4 is 64.9 Å². The van der Waals surface area contributed by atoms with Crippen LogP contribution in [-0.2, 0) is 0 Å². The molecule has 0 aliphatic rings. The lowest BCUT2D eigenvalue weighted by Gasteiger charge is -2.12. The molecule has 0 N–H and O–H groups in total. The summed E-state index contributed by atoms with van der Waals surface area (Å²) in [4.78, 5) is 0.110. The van der Waals surface area contributed by atoms with Crippen LogP contribution in [0, 0.1) is 6.92 Å². The van der Waals surface area contributed by atoms with Gasteiger partial charge < -0.3 is 0 Å². The van der Waals surface area contributed by atoms with Gasteiger partial charge >= 0.3 is 0 Å². The van der Waals surface area contributed by atoms with E-state index in [0.29, 0.717) is 0 Å². The van der Waals surface area contributed by atoms with Gasteiger partial charge in [0.15, 0.2) is 0 Å². The van der Waals surface area contributed by atoms with Crippen molar-refractivity contribution in [2.75, 3.05) is 0 Å². The van der Waals surface area contributed by atoms with Gasteiger partial charge in [0.2, 0.25) is 0 Å². The Balaban J connectivity index is 2.13. The number of alkyl halides is 1. The molecule has 1 heterocycles. The highest BCUT2D eigenvalue weighted by Gasteiger charge is 2.18. The van der Waals surface area contributed by atoms with Gasteiger partial charge in [0.1, 0.15) is 0 Å². The summed E-state index contributed by atoms with van der Waals surface area (Å²) in [5, 5.41) is 4.27. The zero-order valence-corrected chi connectivity index (χ0v) is 15.4. The van der Waals surface area contributed by atoms with E-state index in [-0.39, 0.29) is 4.83 Å². The van der Waals surface area contributed by atoms with Gasteiger partial charge in [0, 0.05) is 14.2 Å². The molecule has 0 saturated heterocycles. The third-order valence-electron chi connectivity index (χ3n) is 3.28. The molecule has 0 aliphatic heterocycles. The van der Waals surface area contributed by atoms with Crippen LogP contribution in [-0.4, -0.2) is 0 Å². The molecule has 1 unspecified atom stereocenters. The van der Waals surface area contributed by atoms with Crippen LogP contribution in [0.4, 0.5) is 0 Å². The first-order valence-electron chi connectivity index (χ1n) is 6.13. The molecule has 102 valence electrons. The normalized spacial score (nSPS) is 12.8. The second-order valence-electron chi connectivity index (χ2n) is 4.70. The Morgan fingerprint density at radius 3 is 2.70 bits per heavy atom. The minimum absolute atomic E-state index is 0.110. The Morgan fingerprint density at radius 2 is 1.95 bits per heavy atom. The molecule has 1 atom stereocenters. The quantitative estimate of drug-likeness (QED) is 0.380. The highest BCUT2D eigenvalue weighted by molar-refractivity contribution is 9.10. The predicted octanol–water partition coefficient (Wildman–Crippen LogP) is 7.11. The summed E-state index contributed by atoms with van der Waals surface area (Å²) in [6, 6.07) is 12.5. The van der Waals surface area contributed by atoms with Gasteiger partial charge in [0.05, 0.1) is 4.83 Å². The van der Waals surface area contributed by atoms with E-state index in [2.05, 4.69) is 74.5 Å². The van der Waals surface area contributed by atoms with Crippen molar-refractivity contribution in [3.05, 3.63) is 68.0 Å². The zero-order chi connectivity index (χ0) is 14.3. The number of hydrogen-bond acceptors (Lipinski definition) is 1. The molecule has 3 aromatic rings. The van der Waals surface area contributed by atoms with E-state index >= 15 is 0 Å². The van der Waals surface area contributed by atoms with Crippen molar-refractivity contribution in [3.63, 3.8) is 0 Å². The van der Waals surface area contributed by atoms with Gasteiger partial charge in [0.25, 0.3) is 0 Å². The standard InChI is InChI=1S/C16H11Br2ClS/c1-9-5-6-11(14(19)7-9)15(18)12-8-20-16-10(12)3-2-4-13(16)17/h2-8,15H,1H3. The highest BCUT2D eigenvalue weighted by atomic mass is 79.9. The molecular formula is C16H11Br2ClS. The smallest absolute Gasteiger partial charge is 0.0673 e. The van der Waals surface area contributed by atoms with Crippen molar-refractivity contribution in [2.45, 2.75) is 11.8 Å². The fourth-order valence-corrected chi connectivity index (χ4v) is 5.32. The van der Waals surface area contributed by atoms with Crippen LogP contribution in [0.15, 0.2) is 46.3 Å². The summed E-state index contributed by atoms with van der Waals surface area (Å²) in [7, 11) is 0. The maximum Gasteiger partial charge on any atom is 0.0673 e. The average molecular weight is 431 g/mol. The highest BCUT2D eigenvalue weighted by Crippen LogP contribution is 2.42. The minimum atomic E-state index is 0.110. The fourth-order valence-electron chi connectivity index (χ4n) is 2.24. The summed E-state index contributed by atoms with van der Waals surface area (Å²) >= 11 is 15.6. The number of fused-ring (bicyclic) bond motifs is 1. The third-order valence-corrected chi connectivity index (χ3v) is 6.57. The summed E-state index contributed by atoms with van der Waals surface area (Å²) in [6.45, 7) is 2.05. The Bertz CT molecular complexity index is 779. The van der Waals surface area contributed by atoms with Crippen LogP contribution < -0.4 is 0 Å². The molecule has 0 radical (unpaired) electrons. The van der Waals surface area contributed by atoms with E-state index in [0.717, 1.165) is 15.1 Å². The van der Waals surface area contributed by atoms with Crippen LogP contribution in [0.5, 0.6) is 0 Å². The van der Waals surface area contributed by atoms with Gasteiger partial charge in [-0.1, -0.05) is 51.8 Å². The lowest BCUT2D eigenvalue weighted by atomic mass is 10.0. The molecule has 3 rings (SSSR count). The molecule has 0 nitrogen and oxygen atoms in total. The topological polar surface area (TPSA) is 0 Å². The largest absolute Gasteiger partial charge is 0.142 e. The molecule has 0 fully saturated rings. The van der Waals surface area contributed by atoms with Crippen molar-refractivity contribution in [1.29, 1.82) is 0 Å². The maximum atomic E-state index is 6.39. The molecule has 0 spiro atoms. The number of halogens is 3. The molecular weight excluding hydrogens is 420 g/mol. The monoisotopic (exact) mass is 428 g/mol. The minimum Gasteiger partial charge on any atom is -0.142 e. The summed E-state index contributed by atoms with van der Waals surface area (Å²) in [5.41, 5.74) is 3.55. The molecule has 1 aromatic heterocycles. The summed E-state index contributed by atoms with van der Waals surface area (Å²) in [6.07, 6.45) is 0. The number of aryl methyl sites for hydroxylation is 1. The van der Waals surface area contributed by atoms with E-state index in [4.69, 9.17) is 11.6 Å². The van der Waals surface area contributed by atoms with Crippen LogP contribution in [0.25, 0.3) is 10.1 Å². The van der Waals surface area contributed by atoms with E-state index < -0.39 is 0 Å². The van der Waals surface area contributed by atoms with Crippen LogP contribution in [0.3, 0.4) is 0 Å². The Labute approximate surface area is 144 Å². The number of benzene rings is 2. The molecule has 0 saturated carbocycles. The van der Waals surface area contributed by atoms with Crippen molar-refractivity contribution in [2.24, 2.45) is 0 Å². The maximum absolute atomic E-state index is 6.39. The van der Waals surface area contributed by atoms with Crippen molar-refractivity contribution in [1.82, 2.24) is 0 Å². The number of hydrogen-bond donors (Lipinski definition) is 0. The third kappa shape index (κ3) is 2.57. The summed E-state index contributed by atoms with van der Waals surface area (Å²) < 4.78 is 2.41. The molecule has 0 aliphatic carbocycles. The van der Waals surface area contributed by atoms with Crippen molar-refractivity contribution < 1.29 is 0 Å². The van der Waals surface area contributed by atoms with E-state index in [1.165, 1.54) is 21.2 Å². The lowest BCUT2D eigenvalue weighted by Crippen LogP contribution is -1.93. The Kier molecular flexibility index (Phi) is 4.23. The fraction of sp³-hybridized carbons (Fsp3) is 0.125. The Morgan fingerprint density at radius 1 is 1.15 bits per heavy atom. The van der Waals surface area contributed by atoms with E-state index in [9.17, 15) is 0 Å². The van der Waals surface area contributed by atoms with E-state index in [1.54, 1.807) is 11.3 Å². The zero-order valence-electron chi connectivity index (χ0n) is 10.7. The first-order valence-corrected chi connectivity index (χ1v) is 9.10. The van der Waals surface area contributed by atoms with Crippen LogP contribution in [0.2, 0.25) is 5.02 Å². The van der Waals surface area contributed by atoms with Gasteiger partial charge in [-0.3, -0.25) is 0 Å². The van der Waals surface area contributed by atoms with Crippen molar-refractivity contribution in [3.8, 4) is 0 Å². The Hall–Kier alpha value is -0.350. The second-order valence-corrected chi connectivity index (χ2v) is 7.75. The second kappa shape index (κ2) is 5.80. The first-order chi connectivity index (χ1) is 9.58. The molecule has 4 heteroatoms. The number of thiophene rings is 1. The number of rotatable bonds is 2.